The van der Waals surface area contributed by atoms with E-state index >= 15 is 0 Å². The van der Waals surface area contributed by atoms with Gasteiger partial charge in [-0.1, -0.05) is 37.9 Å². The van der Waals surface area contributed by atoms with Crippen LogP contribution >= 0.6 is 11.6 Å². The topological polar surface area (TPSA) is 98.8 Å². The normalized spacial score (nSPS) is 23.7. The molecule has 0 bridgehead atoms. The number of nitrogens with one attached hydrogen (secondary N) is 2. The largest absolute Gasteiger partial charge is 0.416 e. The lowest BCUT2D eigenvalue weighted by molar-refractivity contribution is -0.225. The van der Waals surface area contributed by atoms with E-state index in [0.717, 1.165) is 30.5 Å². The lowest BCUT2D eigenvalue weighted by Gasteiger charge is -2.37. The molecule has 9 heteroatoms. The number of nitrogens with zero attached hydrogens (tertiary/aromatic N) is 1. The zero-order valence-corrected chi connectivity index (χ0v) is 22.1. The van der Waals surface area contributed by atoms with Crippen molar-refractivity contribution in [2.24, 2.45) is 5.41 Å². The molecule has 2 N–H and O–H groups in total. The number of esters is 2. The minimum Gasteiger partial charge on any atom is -0.416 e. The molecule has 1 saturated carbocycles. The van der Waals surface area contributed by atoms with Crippen molar-refractivity contribution in [1.82, 2.24) is 10.3 Å². The van der Waals surface area contributed by atoms with Crippen LogP contribution in [0.3, 0.4) is 0 Å². The monoisotopic (exact) mass is 527 g/mol. The molecule has 2 unspecified atom stereocenters. The third kappa shape index (κ3) is 5.76. The molecule has 2 aliphatic heterocycles. The van der Waals surface area contributed by atoms with E-state index in [1.807, 2.05) is 18.2 Å². The summed E-state index contributed by atoms with van der Waals surface area (Å²) in [7, 11) is 0. The summed E-state index contributed by atoms with van der Waals surface area (Å²) in [5.74, 6) is -2.49. The predicted molar refractivity (Wildman–Crippen MR) is 139 cm³/mol. The Balaban J connectivity index is 1.53. The number of carbonyl (C=O) groups is 2. The Labute approximate surface area is 222 Å². The molecule has 3 aliphatic rings. The molecule has 0 amide bonds. The van der Waals surface area contributed by atoms with Crippen LogP contribution in [0.5, 0.6) is 0 Å². The van der Waals surface area contributed by atoms with Gasteiger partial charge in [0, 0.05) is 11.8 Å². The SMILES string of the molecule is CC1(C)CCCC(OC(Nc2c(Cl)ccc3c2CCNCC32OC(=O)CCC(=O)O2)c2ccccn2)C1. The number of pyridine rings is 1. The van der Waals surface area contributed by atoms with Crippen LogP contribution in [0.15, 0.2) is 36.5 Å². The van der Waals surface area contributed by atoms with Crippen molar-refractivity contribution < 1.29 is 23.8 Å². The average Bonchev–Trinajstić information content (AvgIpc) is 3.12. The van der Waals surface area contributed by atoms with Crippen molar-refractivity contribution in [3.63, 3.8) is 0 Å². The minimum absolute atomic E-state index is 0.0120. The van der Waals surface area contributed by atoms with Gasteiger partial charge < -0.3 is 24.8 Å². The maximum Gasteiger partial charge on any atom is 0.309 e. The number of hydrogen-bond donors (Lipinski definition) is 2. The van der Waals surface area contributed by atoms with Crippen LogP contribution < -0.4 is 10.6 Å². The van der Waals surface area contributed by atoms with Crippen LogP contribution in [-0.2, 0) is 36.0 Å². The van der Waals surface area contributed by atoms with Gasteiger partial charge in [-0.2, -0.15) is 0 Å². The highest BCUT2D eigenvalue weighted by atomic mass is 35.5. The average molecular weight is 528 g/mol. The fraction of sp³-hybridized carbons (Fsp3) is 0.536. The fourth-order valence-electron chi connectivity index (χ4n) is 5.61. The molecule has 1 spiro atoms. The summed E-state index contributed by atoms with van der Waals surface area (Å²) in [5.41, 5.74) is 3.03. The zero-order chi connectivity index (χ0) is 26.0. The first-order valence-electron chi connectivity index (χ1n) is 13.0. The summed E-state index contributed by atoms with van der Waals surface area (Å²) >= 11 is 6.78. The van der Waals surface area contributed by atoms with Gasteiger partial charge in [0.1, 0.15) is 0 Å². The summed E-state index contributed by atoms with van der Waals surface area (Å²) in [6.45, 7) is 5.31. The smallest absolute Gasteiger partial charge is 0.309 e. The van der Waals surface area contributed by atoms with Crippen LogP contribution in [0.25, 0.3) is 0 Å². The summed E-state index contributed by atoms with van der Waals surface area (Å²) in [4.78, 5) is 29.5. The molecule has 37 heavy (non-hydrogen) atoms. The first-order chi connectivity index (χ1) is 17.7. The van der Waals surface area contributed by atoms with E-state index in [4.69, 9.17) is 25.8 Å². The third-order valence-corrected chi connectivity index (χ3v) is 7.71. The number of aromatic nitrogens is 1. The zero-order valence-electron chi connectivity index (χ0n) is 21.3. The van der Waals surface area contributed by atoms with Gasteiger partial charge in [-0.25, -0.2) is 0 Å². The molecule has 3 heterocycles. The number of benzene rings is 1. The first kappa shape index (κ1) is 25.9. The molecule has 198 valence electrons. The number of anilines is 1. The highest BCUT2D eigenvalue weighted by molar-refractivity contribution is 6.33. The second-order valence-electron chi connectivity index (χ2n) is 10.9. The van der Waals surface area contributed by atoms with Crippen molar-refractivity contribution in [1.29, 1.82) is 0 Å². The highest BCUT2D eigenvalue weighted by Gasteiger charge is 2.46. The first-order valence-corrected chi connectivity index (χ1v) is 13.4. The number of hydrogen-bond acceptors (Lipinski definition) is 8. The van der Waals surface area contributed by atoms with Crippen molar-refractivity contribution in [3.05, 3.63) is 58.4 Å². The molecule has 8 nitrogen and oxygen atoms in total. The Hall–Kier alpha value is -2.68. The van der Waals surface area contributed by atoms with Crippen LogP contribution in [0.2, 0.25) is 5.02 Å². The Bertz CT molecular complexity index is 1140. The van der Waals surface area contributed by atoms with Crippen molar-refractivity contribution in [2.45, 2.75) is 76.9 Å². The Morgan fingerprint density at radius 3 is 2.62 bits per heavy atom. The summed E-state index contributed by atoms with van der Waals surface area (Å²) in [5, 5.41) is 7.29. The lowest BCUT2D eigenvalue weighted by atomic mass is 9.76. The van der Waals surface area contributed by atoms with Gasteiger partial charge in [-0.3, -0.25) is 14.6 Å². The van der Waals surface area contributed by atoms with E-state index in [1.54, 1.807) is 18.3 Å². The van der Waals surface area contributed by atoms with Crippen molar-refractivity contribution >= 4 is 29.2 Å². The molecular weight excluding hydrogens is 494 g/mol. The Kier molecular flexibility index (Phi) is 7.43. The summed E-state index contributed by atoms with van der Waals surface area (Å²) in [6, 6.07) is 9.25. The van der Waals surface area contributed by atoms with Crippen LogP contribution in [-0.4, -0.2) is 36.1 Å². The minimum atomic E-state index is -1.55. The molecule has 1 saturated heterocycles. The van der Waals surface area contributed by atoms with Crippen LogP contribution in [0.4, 0.5) is 5.69 Å². The number of ether oxygens (including phenoxy) is 3. The van der Waals surface area contributed by atoms with Crippen molar-refractivity contribution in [2.75, 3.05) is 18.4 Å². The van der Waals surface area contributed by atoms with E-state index in [-0.39, 0.29) is 30.9 Å². The summed E-state index contributed by atoms with van der Waals surface area (Å²) < 4.78 is 18.2. The molecule has 1 aliphatic carbocycles. The second kappa shape index (κ2) is 10.6. The molecule has 1 aromatic carbocycles. The molecule has 2 aromatic rings. The van der Waals surface area contributed by atoms with Gasteiger partial charge in [0.2, 0.25) is 0 Å². The van der Waals surface area contributed by atoms with E-state index in [2.05, 4.69) is 29.5 Å². The Morgan fingerprint density at radius 1 is 1.14 bits per heavy atom. The van der Waals surface area contributed by atoms with Gasteiger partial charge in [0.15, 0.2) is 6.23 Å². The van der Waals surface area contributed by atoms with E-state index < -0.39 is 24.0 Å². The second-order valence-corrected chi connectivity index (χ2v) is 11.3. The predicted octanol–water partition coefficient (Wildman–Crippen LogP) is 5.01. The van der Waals surface area contributed by atoms with Crippen LogP contribution in [0.1, 0.15) is 75.4 Å². The lowest BCUT2D eigenvalue weighted by Crippen LogP contribution is -2.43. The molecule has 5 rings (SSSR count). The maximum absolute atomic E-state index is 12.5. The van der Waals surface area contributed by atoms with Gasteiger partial charge in [0.05, 0.1) is 41.9 Å². The standard InChI is InChI=1S/C28H34ClN3O5/c1-27(2)13-5-6-18(16-27)35-26(22-7-3-4-14-31-22)32-25-19-12-15-30-17-28(20(19)8-9-21(25)29)36-23(33)10-11-24(34)37-28/h3-4,7-9,14,18,26,30,32H,5-6,10-13,15-17H2,1-2H3. The van der Waals surface area contributed by atoms with E-state index in [0.29, 0.717) is 29.2 Å². The maximum atomic E-state index is 12.5. The van der Waals surface area contributed by atoms with Crippen molar-refractivity contribution in [3.8, 4) is 0 Å². The molecule has 2 fully saturated rings. The molecular formula is C28H34ClN3O5. The third-order valence-electron chi connectivity index (χ3n) is 7.39. The van der Waals surface area contributed by atoms with Gasteiger partial charge in [-0.15, -0.1) is 0 Å². The van der Waals surface area contributed by atoms with Gasteiger partial charge >= 0.3 is 11.9 Å². The van der Waals surface area contributed by atoms with Gasteiger partial charge in [0.25, 0.3) is 5.79 Å². The highest BCUT2D eigenvalue weighted by Crippen LogP contribution is 2.43. The number of halogens is 1. The van der Waals surface area contributed by atoms with E-state index in [1.165, 1.54) is 6.42 Å². The summed E-state index contributed by atoms with van der Waals surface area (Å²) in [6.07, 6.45) is 6.06. The number of carbonyl (C=O) groups excluding carboxylic acids is 2. The van der Waals surface area contributed by atoms with Gasteiger partial charge in [-0.05, 0) is 67.5 Å². The number of rotatable bonds is 5. The molecule has 0 radical (unpaired) electrons. The molecule has 1 aromatic heterocycles. The van der Waals surface area contributed by atoms with Crippen LogP contribution in [0, 0.1) is 5.41 Å². The Morgan fingerprint density at radius 2 is 1.92 bits per heavy atom. The fourth-order valence-corrected chi connectivity index (χ4v) is 5.84. The molecule has 2 atom stereocenters. The van der Waals surface area contributed by atoms with E-state index in [9.17, 15) is 9.59 Å². The number of fused-ring (bicyclic) bond motifs is 2. The quantitative estimate of drug-likeness (QED) is 0.413.